The van der Waals surface area contributed by atoms with E-state index in [0.29, 0.717) is 22.2 Å². The molecule has 0 spiro atoms. The number of aryl methyl sites for hydroxylation is 1. The van der Waals surface area contributed by atoms with Crippen molar-refractivity contribution in [3.05, 3.63) is 82.9 Å². The van der Waals surface area contributed by atoms with Crippen LogP contribution in [0.2, 0.25) is 5.02 Å². The Morgan fingerprint density at radius 2 is 1.53 bits per heavy atom. The zero-order valence-corrected chi connectivity index (χ0v) is 18.9. The van der Waals surface area contributed by atoms with Crippen LogP contribution in [0.4, 0.5) is 5.69 Å². The molecule has 0 radical (unpaired) electrons. The molecule has 0 aromatic heterocycles. The van der Waals surface area contributed by atoms with Crippen LogP contribution in [-0.2, 0) is 10.0 Å². The molecule has 0 bridgehead atoms. The van der Waals surface area contributed by atoms with Gasteiger partial charge in [0.25, 0.3) is 10.0 Å². The van der Waals surface area contributed by atoms with Crippen LogP contribution < -0.4 is 13.8 Å². The molecule has 0 aliphatic carbocycles. The Morgan fingerprint density at radius 3 is 2.17 bits per heavy atom. The molecule has 3 rings (SSSR count). The first-order chi connectivity index (χ1) is 14.3. The van der Waals surface area contributed by atoms with Crippen molar-refractivity contribution < 1.29 is 17.9 Å². The Bertz CT molecular complexity index is 1150. The lowest BCUT2D eigenvalue weighted by molar-refractivity contribution is 0.413. The summed E-state index contributed by atoms with van der Waals surface area (Å²) in [5.74, 6) is 1.22. The second kappa shape index (κ2) is 8.98. The summed E-state index contributed by atoms with van der Waals surface area (Å²) in [6.07, 6.45) is 0. The van der Waals surface area contributed by atoms with Crippen LogP contribution in [0.3, 0.4) is 0 Å². The number of halogens is 1. The van der Waals surface area contributed by atoms with Crippen molar-refractivity contribution >= 4 is 27.3 Å². The largest absolute Gasteiger partial charge is 0.497 e. The van der Waals surface area contributed by atoms with Gasteiger partial charge in [0.05, 0.1) is 30.8 Å². The average molecular weight is 446 g/mol. The third kappa shape index (κ3) is 4.40. The highest BCUT2D eigenvalue weighted by Gasteiger charge is 2.31. The van der Waals surface area contributed by atoms with E-state index in [9.17, 15) is 8.42 Å². The molecule has 3 aromatic rings. The number of nitrogens with zero attached hydrogens (tertiary/aromatic N) is 1. The summed E-state index contributed by atoms with van der Waals surface area (Å²) < 4.78 is 39.5. The summed E-state index contributed by atoms with van der Waals surface area (Å²) in [5, 5.41) is 0.399. The molecule has 7 heteroatoms. The van der Waals surface area contributed by atoms with Crippen molar-refractivity contribution in [3.63, 3.8) is 0 Å². The second-order valence-corrected chi connectivity index (χ2v) is 9.09. The predicted octanol–water partition coefficient (Wildman–Crippen LogP) is 5.62. The molecule has 0 saturated carbocycles. The molecule has 0 N–H and O–H groups in total. The zero-order chi connectivity index (χ0) is 21.9. The van der Waals surface area contributed by atoms with Gasteiger partial charge in [-0.05, 0) is 61.4 Å². The number of hydrogen-bond acceptors (Lipinski definition) is 4. The smallest absolute Gasteiger partial charge is 0.264 e. The Kier molecular flexibility index (Phi) is 6.58. The lowest BCUT2D eigenvalue weighted by Gasteiger charge is -2.31. The highest BCUT2D eigenvalue weighted by Crippen LogP contribution is 2.36. The standard InChI is InChI=1S/C23H24ClNO4S/c1-16-11-12-22(15-23(16)24)30(26,27)25(19-8-6-10-21(14-19)29-4)17(2)18-7-5-9-20(13-18)28-3/h5-15,17H,1-4H3/t17-/m1/s1. The van der Waals surface area contributed by atoms with Gasteiger partial charge in [0.1, 0.15) is 11.5 Å². The van der Waals surface area contributed by atoms with E-state index in [-0.39, 0.29) is 4.90 Å². The maximum atomic E-state index is 13.8. The third-order valence-corrected chi connectivity index (χ3v) is 7.24. The van der Waals surface area contributed by atoms with E-state index in [1.54, 1.807) is 50.6 Å². The number of ether oxygens (including phenoxy) is 2. The monoisotopic (exact) mass is 445 g/mol. The van der Waals surface area contributed by atoms with Gasteiger partial charge in [0.15, 0.2) is 0 Å². The molecule has 0 heterocycles. The molecule has 0 fully saturated rings. The molecule has 0 saturated heterocycles. The van der Waals surface area contributed by atoms with Crippen molar-refractivity contribution in [2.75, 3.05) is 18.5 Å². The lowest BCUT2D eigenvalue weighted by atomic mass is 10.1. The summed E-state index contributed by atoms with van der Waals surface area (Å²) in [4.78, 5) is 0.121. The maximum Gasteiger partial charge on any atom is 0.264 e. The van der Waals surface area contributed by atoms with Crippen LogP contribution in [0.1, 0.15) is 24.1 Å². The fraction of sp³-hybridized carbons (Fsp3) is 0.217. The quantitative estimate of drug-likeness (QED) is 0.473. The van der Waals surface area contributed by atoms with E-state index in [0.717, 1.165) is 11.1 Å². The minimum atomic E-state index is -3.93. The number of sulfonamides is 1. The number of methoxy groups -OCH3 is 2. The molecule has 5 nitrogen and oxygen atoms in total. The molecule has 30 heavy (non-hydrogen) atoms. The lowest BCUT2D eigenvalue weighted by Crippen LogP contribution is -2.33. The van der Waals surface area contributed by atoms with E-state index in [2.05, 4.69) is 0 Å². The first-order valence-corrected chi connectivity index (χ1v) is 11.2. The molecule has 0 aliphatic rings. The predicted molar refractivity (Wildman–Crippen MR) is 120 cm³/mol. The molecule has 3 aromatic carbocycles. The molecular formula is C23H24ClNO4S. The van der Waals surface area contributed by atoms with Crippen molar-refractivity contribution in [1.29, 1.82) is 0 Å². The summed E-state index contributed by atoms with van der Waals surface area (Å²) in [7, 11) is -0.810. The Labute approximate surface area is 182 Å². The van der Waals surface area contributed by atoms with E-state index >= 15 is 0 Å². The minimum Gasteiger partial charge on any atom is -0.497 e. The topological polar surface area (TPSA) is 55.8 Å². The maximum absolute atomic E-state index is 13.8. The minimum absolute atomic E-state index is 0.121. The van der Waals surface area contributed by atoms with Gasteiger partial charge < -0.3 is 9.47 Å². The Morgan fingerprint density at radius 1 is 0.900 bits per heavy atom. The first kappa shape index (κ1) is 22.0. The number of hydrogen-bond donors (Lipinski definition) is 0. The van der Waals surface area contributed by atoms with E-state index in [4.69, 9.17) is 21.1 Å². The van der Waals surface area contributed by atoms with E-state index in [1.165, 1.54) is 10.4 Å². The van der Waals surface area contributed by atoms with Gasteiger partial charge >= 0.3 is 0 Å². The summed E-state index contributed by atoms with van der Waals surface area (Å²) in [6.45, 7) is 3.67. The molecule has 0 amide bonds. The van der Waals surface area contributed by atoms with Crippen LogP contribution >= 0.6 is 11.6 Å². The van der Waals surface area contributed by atoms with Crippen LogP contribution in [-0.4, -0.2) is 22.6 Å². The zero-order valence-electron chi connectivity index (χ0n) is 17.3. The van der Waals surface area contributed by atoms with Gasteiger partial charge in [-0.3, -0.25) is 4.31 Å². The summed E-state index contributed by atoms with van der Waals surface area (Å²) in [6, 6.07) is 18.6. The van der Waals surface area contributed by atoms with Crippen LogP contribution in [0.5, 0.6) is 11.5 Å². The van der Waals surface area contributed by atoms with Crippen molar-refractivity contribution in [2.45, 2.75) is 24.8 Å². The van der Waals surface area contributed by atoms with Crippen LogP contribution in [0.15, 0.2) is 71.6 Å². The molecule has 158 valence electrons. The third-order valence-electron chi connectivity index (χ3n) is 4.94. The fourth-order valence-corrected chi connectivity index (χ4v) is 5.11. The molecule has 0 unspecified atom stereocenters. The van der Waals surface area contributed by atoms with Crippen molar-refractivity contribution in [3.8, 4) is 11.5 Å². The van der Waals surface area contributed by atoms with Gasteiger partial charge in [-0.25, -0.2) is 8.42 Å². The molecule has 1 atom stereocenters. The number of rotatable bonds is 7. The number of anilines is 1. The van der Waals surface area contributed by atoms with Crippen molar-refractivity contribution in [1.82, 2.24) is 0 Å². The number of benzene rings is 3. The van der Waals surface area contributed by atoms with E-state index < -0.39 is 16.1 Å². The SMILES string of the molecule is COc1cccc([C@@H](C)N(c2cccc(OC)c2)S(=O)(=O)c2ccc(C)c(Cl)c2)c1. The van der Waals surface area contributed by atoms with Crippen molar-refractivity contribution in [2.24, 2.45) is 0 Å². The highest BCUT2D eigenvalue weighted by atomic mass is 35.5. The van der Waals surface area contributed by atoms with Crippen LogP contribution in [0, 0.1) is 6.92 Å². The Hall–Kier alpha value is -2.70. The Balaban J connectivity index is 2.19. The highest BCUT2D eigenvalue weighted by molar-refractivity contribution is 7.92. The summed E-state index contributed by atoms with van der Waals surface area (Å²) in [5.41, 5.74) is 2.09. The molecule has 0 aliphatic heterocycles. The van der Waals surface area contributed by atoms with Gasteiger partial charge in [0, 0.05) is 11.1 Å². The second-order valence-electron chi connectivity index (χ2n) is 6.87. The van der Waals surface area contributed by atoms with Gasteiger partial charge in [0.2, 0.25) is 0 Å². The normalized spacial score (nSPS) is 12.3. The first-order valence-electron chi connectivity index (χ1n) is 9.36. The fourth-order valence-electron chi connectivity index (χ4n) is 3.20. The summed E-state index contributed by atoms with van der Waals surface area (Å²) >= 11 is 6.23. The van der Waals surface area contributed by atoms with Gasteiger partial charge in [-0.2, -0.15) is 0 Å². The average Bonchev–Trinajstić information content (AvgIpc) is 2.75. The van der Waals surface area contributed by atoms with Crippen LogP contribution in [0.25, 0.3) is 0 Å². The van der Waals surface area contributed by atoms with E-state index in [1.807, 2.05) is 38.1 Å². The van der Waals surface area contributed by atoms with Gasteiger partial charge in [-0.1, -0.05) is 35.9 Å². The van der Waals surface area contributed by atoms with Gasteiger partial charge in [-0.15, -0.1) is 0 Å². The molecular weight excluding hydrogens is 422 g/mol.